The molecule has 2 N–H and O–H groups in total. The third kappa shape index (κ3) is 7.10. The zero-order valence-corrected chi connectivity index (χ0v) is 23.1. The van der Waals surface area contributed by atoms with Gasteiger partial charge in [0.05, 0.1) is 0 Å². The molecule has 0 bridgehead atoms. The minimum absolute atomic E-state index is 0.177. The predicted molar refractivity (Wildman–Crippen MR) is 148 cm³/mol. The normalized spacial score (nSPS) is 22.7. The molecule has 4 atom stereocenters. The summed E-state index contributed by atoms with van der Waals surface area (Å²) < 4.78 is 0. The van der Waals surface area contributed by atoms with E-state index in [9.17, 15) is 29.4 Å². The van der Waals surface area contributed by atoms with E-state index in [1.54, 1.807) is 36.9 Å². The number of unbranched alkanes of at least 4 members (excludes halogenated alkanes) is 4. The Balaban J connectivity index is 1.21. The van der Waals surface area contributed by atoms with E-state index in [2.05, 4.69) is 9.97 Å². The Morgan fingerprint density at radius 2 is 1.13 bits per heavy atom. The van der Waals surface area contributed by atoms with Gasteiger partial charge >= 0.3 is 11.9 Å². The second-order valence-electron chi connectivity index (χ2n) is 9.52. The van der Waals surface area contributed by atoms with Gasteiger partial charge < -0.3 is 20.0 Å². The highest BCUT2D eigenvalue weighted by Gasteiger charge is 2.43. The first kappa shape index (κ1) is 28.9. The third-order valence-electron chi connectivity index (χ3n) is 6.87. The largest absolute Gasteiger partial charge is 0.480 e. The molecule has 0 aliphatic carbocycles. The molecule has 2 aliphatic heterocycles. The van der Waals surface area contributed by atoms with Crippen molar-refractivity contribution in [3.8, 4) is 0 Å². The van der Waals surface area contributed by atoms with Gasteiger partial charge in [-0.25, -0.2) is 9.59 Å². The molecule has 12 heteroatoms. The first-order valence-corrected chi connectivity index (χ1v) is 15.1. The van der Waals surface area contributed by atoms with Crippen LogP contribution in [-0.4, -0.2) is 77.3 Å². The van der Waals surface area contributed by atoms with Crippen LogP contribution in [0.15, 0.2) is 49.1 Å². The van der Waals surface area contributed by atoms with Crippen molar-refractivity contribution in [2.45, 2.75) is 67.8 Å². The maximum Gasteiger partial charge on any atom is 0.327 e. The molecule has 2 aromatic heterocycles. The number of hydrogen-bond acceptors (Lipinski definition) is 8. The van der Waals surface area contributed by atoms with Gasteiger partial charge in [-0.15, -0.1) is 23.5 Å². The number of nitrogens with zero attached hydrogens (tertiary/aromatic N) is 4. The van der Waals surface area contributed by atoms with Crippen LogP contribution in [0.3, 0.4) is 0 Å². The molecule has 2 fully saturated rings. The molecule has 4 heterocycles. The fourth-order valence-electron chi connectivity index (χ4n) is 4.90. The van der Waals surface area contributed by atoms with Crippen LogP contribution in [-0.2, 0) is 19.2 Å². The number of hydrogen-bond donors (Lipinski definition) is 2. The minimum Gasteiger partial charge on any atom is -0.480 e. The number of thioether (sulfide) groups is 2. The van der Waals surface area contributed by atoms with Gasteiger partial charge in [-0.2, -0.15) is 0 Å². The smallest absolute Gasteiger partial charge is 0.327 e. The fraction of sp³-hybridized carbons (Fsp3) is 0.481. The Hall–Kier alpha value is -3.12. The molecule has 4 rings (SSSR count). The monoisotopic (exact) mass is 572 g/mol. The summed E-state index contributed by atoms with van der Waals surface area (Å²) in [7, 11) is 0. The molecule has 39 heavy (non-hydrogen) atoms. The summed E-state index contributed by atoms with van der Waals surface area (Å²) in [5, 5.41) is 18.5. The Bertz CT molecular complexity index is 1070. The second-order valence-corrected chi connectivity index (χ2v) is 11.7. The highest BCUT2D eigenvalue weighted by Crippen LogP contribution is 2.42. The van der Waals surface area contributed by atoms with Gasteiger partial charge in [-0.3, -0.25) is 19.6 Å². The fourth-order valence-corrected chi connectivity index (χ4v) is 7.75. The first-order valence-electron chi connectivity index (χ1n) is 13.0. The lowest BCUT2D eigenvalue weighted by atomic mass is 10.1. The van der Waals surface area contributed by atoms with Gasteiger partial charge in [-0.05, 0) is 25.0 Å². The van der Waals surface area contributed by atoms with Gasteiger partial charge in [-0.1, -0.05) is 31.4 Å². The molecule has 208 valence electrons. The van der Waals surface area contributed by atoms with Crippen LogP contribution in [0.4, 0.5) is 0 Å². The van der Waals surface area contributed by atoms with Crippen molar-refractivity contribution in [2.75, 3.05) is 11.5 Å². The molecule has 10 nitrogen and oxygen atoms in total. The van der Waals surface area contributed by atoms with Gasteiger partial charge in [0, 0.05) is 60.3 Å². The van der Waals surface area contributed by atoms with Gasteiger partial charge in [0.25, 0.3) is 0 Å². The number of aliphatic carboxylic acids is 2. The zero-order valence-electron chi connectivity index (χ0n) is 21.4. The van der Waals surface area contributed by atoms with Crippen LogP contribution in [0.25, 0.3) is 0 Å². The molecule has 2 amide bonds. The Morgan fingerprint density at radius 1 is 0.718 bits per heavy atom. The van der Waals surface area contributed by atoms with E-state index in [1.165, 1.54) is 33.3 Å². The Labute approximate surface area is 235 Å². The zero-order chi connectivity index (χ0) is 27.8. The highest BCUT2D eigenvalue weighted by atomic mass is 32.2. The van der Waals surface area contributed by atoms with Crippen molar-refractivity contribution >= 4 is 47.3 Å². The molecule has 2 unspecified atom stereocenters. The number of carbonyl (C=O) groups is 4. The van der Waals surface area contributed by atoms with E-state index in [-0.39, 0.29) is 35.4 Å². The number of aromatic nitrogens is 2. The molecule has 0 spiro atoms. The number of rotatable bonds is 12. The number of pyridine rings is 2. The van der Waals surface area contributed by atoms with Gasteiger partial charge in [0.15, 0.2) is 0 Å². The van der Waals surface area contributed by atoms with Crippen molar-refractivity contribution in [2.24, 2.45) is 0 Å². The van der Waals surface area contributed by atoms with Crippen LogP contribution in [0.2, 0.25) is 0 Å². The van der Waals surface area contributed by atoms with Crippen LogP contribution in [0.5, 0.6) is 0 Å². The number of carbonyl (C=O) groups excluding carboxylic acids is 2. The van der Waals surface area contributed by atoms with E-state index in [0.717, 1.165) is 30.4 Å². The molecule has 0 saturated carbocycles. The number of carboxylic acid groups (broad SMARTS) is 2. The summed E-state index contributed by atoms with van der Waals surface area (Å²) in [5.74, 6) is -1.67. The lowest BCUT2D eigenvalue weighted by molar-refractivity contribution is -0.149. The van der Waals surface area contributed by atoms with E-state index < -0.39 is 24.0 Å². The summed E-state index contributed by atoms with van der Waals surface area (Å²) >= 11 is 2.88. The SMILES string of the molecule is O=C(O)[C@@H]1CSC(c2cccnc2)N1C(=O)CCCCCCCC(=O)N1C(c2cccnc2)SC[C@H]1C(=O)O. The highest BCUT2D eigenvalue weighted by molar-refractivity contribution is 8.00. The maximum absolute atomic E-state index is 13.0. The Kier molecular flexibility index (Phi) is 10.2. The van der Waals surface area contributed by atoms with Crippen molar-refractivity contribution in [1.29, 1.82) is 0 Å². The molecule has 2 aromatic rings. The van der Waals surface area contributed by atoms with Gasteiger partial charge in [0.1, 0.15) is 22.8 Å². The van der Waals surface area contributed by atoms with Crippen LogP contribution < -0.4 is 0 Å². The molecule has 2 aliphatic rings. The molecule has 0 radical (unpaired) electrons. The second kappa shape index (κ2) is 13.8. The summed E-state index contributed by atoms with van der Waals surface area (Å²) in [6.07, 6.45) is 10.8. The van der Waals surface area contributed by atoms with Gasteiger partial charge in [0.2, 0.25) is 11.8 Å². The van der Waals surface area contributed by atoms with Crippen LogP contribution >= 0.6 is 23.5 Å². The summed E-state index contributed by atoms with van der Waals surface area (Å²) in [6.45, 7) is 0. The predicted octanol–water partition coefficient (Wildman–Crippen LogP) is 3.96. The van der Waals surface area contributed by atoms with Crippen molar-refractivity contribution < 1.29 is 29.4 Å². The lowest BCUT2D eigenvalue weighted by Gasteiger charge is -2.27. The molecular weight excluding hydrogens is 540 g/mol. The number of carboxylic acids is 2. The summed E-state index contributed by atoms with van der Waals surface area (Å²) in [6, 6.07) is 5.56. The van der Waals surface area contributed by atoms with Crippen LogP contribution in [0, 0.1) is 0 Å². The molecular formula is C27H32N4O6S2. The summed E-state index contributed by atoms with van der Waals surface area (Å²) in [4.78, 5) is 60.7. The molecule has 0 aromatic carbocycles. The Morgan fingerprint density at radius 3 is 1.49 bits per heavy atom. The standard InChI is InChI=1S/C27H32N4O6S2/c32-22(30-20(26(34)35)16-38-24(30)18-8-6-12-28-14-18)10-4-2-1-3-5-11-23(33)31-21(27(36)37)17-39-25(31)19-9-7-13-29-15-19/h6-9,12-15,20-21,24-25H,1-5,10-11,16-17H2,(H,34,35)(H,36,37)/t20-,21-,24?,25?/m0/s1. The van der Waals surface area contributed by atoms with E-state index in [0.29, 0.717) is 24.3 Å². The van der Waals surface area contributed by atoms with Crippen LogP contribution in [0.1, 0.15) is 66.8 Å². The quantitative estimate of drug-likeness (QED) is 0.359. The number of amides is 2. The van der Waals surface area contributed by atoms with E-state index in [4.69, 9.17) is 0 Å². The lowest BCUT2D eigenvalue weighted by Crippen LogP contribution is -2.42. The average molecular weight is 573 g/mol. The topological polar surface area (TPSA) is 141 Å². The third-order valence-corrected chi connectivity index (χ3v) is 9.51. The average Bonchev–Trinajstić information content (AvgIpc) is 3.59. The summed E-state index contributed by atoms with van der Waals surface area (Å²) in [5.41, 5.74) is 1.63. The first-order chi connectivity index (χ1) is 18.9. The van der Waals surface area contributed by atoms with E-state index in [1.807, 2.05) is 12.1 Å². The minimum atomic E-state index is -1.00. The van der Waals surface area contributed by atoms with Crippen molar-refractivity contribution in [1.82, 2.24) is 19.8 Å². The van der Waals surface area contributed by atoms with Crippen molar-refractivity contribution in [3.63, 3.8) is 0 Å². The van der Waals surface area contributed by atoms with Crippen molar-refractivity contribution in [3.05, 3.63) is 60.2 Å². The molecule has 2 saturated heterocycles. The van der Waals surface area contributed by atoms with E-state index >= 15 is 0 Å². The maximum atomic E-state index is 13.0.